The molecule has 0 spiro atoms. The van der Waals surface area contributed by atoms with E-state index in [4.69, 9.17) is 0 Å². The summed E-state index contributed by atoms with van der Waals surface area (Å²) in [7, 11) is 0. The van der Waals surface area contributed by atoms with Gasteiger partial charge in [-0.05, 0) is 55.5 Å². The summed E-state index contributed by atoms with van der Waals surface area (Å²) in [5.41, 5.74) is 4.78. The lowest BCUT2D eigenvalue weighted by atomic mass is 9.80. The number of anilines is 1. The van der Waals surface area contributed by atoms with Gasteiger partial charge in [0.1, 0.15) is 5.71 Å². The van der Waals surface area contributed by atoms with Crippen LogP contribution in [0.4, 0.5) is 5.69 Å². The molecule has 0 radical (unpaired) electrons. The summed E-state index contributed by atoms with van der Waals surface area (Å²) in [5, 5.41) is 21.8. The van der Waals surface area contributed by atoms with Crippen LogP contribution in [-0.2, 0) is 4.79 Å². The van der Waals surface area contributed by atoms with Gasteiger partial charge in [0.15, 0.2) is 0 Å². The standard InChI is InChI=1S/C21H21N5O2/c27-13-24-14-7-10-19(23-12-14)21-17-9-8-15(28)4-3-5-16(17)20(25-26-21)18-6-1-2-11-22-18/h1-2,5-7,10-13,15,17,28H,3-4,8-9H2,(H,24,27)/b16-5+. The van der Waals surface area contributed by atoms with Crippen LogP contribution in [0.25, 0.3) is 0 Å². The van der Waals surface area contributed by atoms with Gasteiger partial charge in [0.2, 0.25) is 6.41 Å². The van der Waals surface area contributed by atoms with E-state index in [1.807, 2.05) is 24.3 Å². The van der Waals surface area contributed by atoms with Gasteiger partial charge >= 0.3 is 0 Å². The van der Waals surface area contributed by atoms with Crippen LogP contribution < -0.4 is 5.32 Å². The van der Waals surface area contributed by atoms with Gasteiger partial charge in [-0.3, -0.25) is 14.8 Å². The maximum Gasteiger partial charge on any atom is 0.211 e. The van der Waals surface area contributed by atoms with Gasteiger partial charge in [-0.15, -0.1) is 5.10 Å². The number of hydrogen-bond acceptors (Lipinski definition) is 6. The highest BCUT2D eigenvalue weighted by Gasteiger charge is 2.32. The van der Waals surface area contributed by atoms with Crippen LogP contribution in [0.2, 0.25) is 0 Å². The minimum Gasteiger partial charge on any atom is -0.393 e. The van der Waals surface area contributed by atoms with E-state index in [0.29, 0.717) is 24.2 Å². The molecule has 0 saturated carbocycles. The molecule has 2 aliphatic rings. The van der Waals surface area contributed by atoms with Gasteiger partial charge in [-0.1, -0.05) is 12.1 Å². The van der Waals surface area contributed by atoms with Crippen molar-refractivity contribution in [2.24, 2.45) is 16.1 Å². The number of rotatable bonds is 4. The number of allylic oxidation sites excluding steroid dienone is 2. The first-order valence-corrected chi connectivity index (χ1v) is 9.38. The highest BCUT2D eigenvalue weighted by molar-refractivity contribution is 6.19. The van der Waals surface area contributed by atoms with Crippen LogP contribution in [0.3, 0.4) is 0 Å². The lowest BCUT2D eigenvalue weighted by molar-refractivity contribution is -0.105. The summed E-state index contributed by atoms with van der Waals surface area (Å²) in [6.07, 6.45) is 8.78. The molecule has 2 aromatic heterocycles. The number of nitrogens with one attached hydrogen (secondary N) is 1. The van der Waals surface area contributed by atoms with Crippen molar-refractivity contribution < 1.29 is 9.90 Å². The highest BCUT2D eigenvalue weighted by atomic mass is 16.3. The zero-order chi connectivity index (χ0) is 19.3. The topological polar surface area (TPSA) is 99.8 Å². The maximum absolute atomic E-state index is 10.6. The minimum atomic E-state index is -0.316. The summed E-state index contributed by atoms with van der Waals surface area (Å²) in [6, 6.07) is 9.37. The quantitative estimate of drug-likeness (QED) is 0.803. The molecule has 1 amide bonds. The largest absolute Gasteiger partial charge is 0.393 e. The molecule has 28 heavy (non-hydrogen) atoms. The number of carbonyl (C=O) groups is 1. The van der Waals surface area contributed by atoms with Crippen molar-refractivity contribution in [1.82, 2.24) is 9.97 Å². The zero-order valence-electron chi connectivity index (χ0n) is 15.3. The molecule has 0 aromatic carbocycles. The summed E-state index contributed by atoms with van der Waals surface area (Å²) >= 11 is 0. The van der Waals surface area contributed by atoms with E-state index in [1.165, 1.54) is 0 Å². The molecule has 1 aliphatic heterocycles. The number of aliphatic hydroxyl groups is 1. The third kappa shape index (κ3) is 3.75. The van der Waals surface area contributed by atoms with Crippen molar-refractivity contribution >= 4 is 23.5 Å². The van der Waals surface area contributed by atoms with E-state index in [2.05, 4.69) is 31.6 Å². The fraction of sp³-hybridized carbons (Fsp3) is 0.286. The summed E-state index contributed by atoms with van der Waals surface area (Å²) in [6.45, 7) is 0. The van der Waals surface area contributed by atoms with Gasteiger partial charge < -0.3 is 10.4 Å². The first-order chi connectivity index (χ1) is 13.8. The van der Waals surface area contributed by atoms with Gasteiger partial charge in [-0.25, -0.2) is 0 Å². The van der Waals surface area contributed by atoms with Crippen molar-refractivity contribution in [2.45, 2.75) is 31.8 Å². The Bertz CT molecular complexity index is 935. The van der Waals surface area contributed by atoms with Crippen LogP contribution in [0.5, 0.6) is 0 Å². The fourth-order valence-corrected chi connectivity index (χ4v) is 3.64. The molecule has 2 atom stereocenters. The minimum absolute atomic E-state index is 0.0122. The lowest BCUT2D eigenvalue weighted by Gasteiger charge is -2.28. The number of carbonyl (C=O) groups excluding carboxylic acids is 1. The van der Waals surface area contributed by atoms with E-state index >= 15 is 0 Å². The Morgan fingerprint density at radius 1 is 1.04 bits per heavy atom. The first-order valence-electron chi connectivity index (χ1n) is 9.38. The van der Waals surface area contributed by atoms with E-state index in [0.717, 1.165) is 42.0 Å². The molecule has 3 heterocycles. The number of hydrogen-bond donors (Lipinski definition) is 2. The molecule has 142 valence electrons. The predicted octanol–water partition coefficient (Wildman–Crippen LogP) is 2.73. The normalized spacial score (nSPS) is 23.8. The molecule has 4 rings (SSSR count). The van der Waals surface area contributed by atoms with Crippen molar-refractivity contribution in [3.05, 3.63) is 65.8 Å². The lowest BCUT2D eigenvalue weighted by Crippen LogP contribution is -2.30. The third-order valence-electron chi connectivity index (χ3n) is 5.05. The van der Waals surface area contributed by atoms with Crippen molar-refractivity contribution in [1.29, 1.82) is 0 Å². The van der Waals surface area contributed by atoms with Crippen LogP contribution in [0.15, 0.2) is 64.6 Å². The van der Waals surface area contributed by atoms with Gasteiger partial charge in [-0.2, -0.15) is 5.10 Å². The predicted molar refractivity (Wildman–Crippen MR) is 107 cm³/mol. The van der Waals surface area contributed by atoms with E-state index in [1.54, 1.807) is 18.5 Å². The number of aromatic nitrogens is 2. The van der Waals surface area contributed by atoms with E-state index in [9.17, 15) is 9.90 Å². The molecule has 2 aromatic rings. The Morgan fingerprint density at radius 2 is 1.96 bits per heavy atom. The number of fused-ring (bicyclic) bond motifs is 1. The Morgan fingerprint density at radius 3 is 2.71 bits per heavy atom. The first kappa shape index (κ1) is 18.2. The maximum atomic E-state index is 10.6. The number of aliphatic hydroxyl groups excluding tert-OH is 1. The van der Waals surface area contributed by atoms with Crippen molar-refractivity contribution in [3.63, 3.8) is 0 Å². The number of pyridine rings is 2. The second-order valence-corrected chi connectivity index (χ2v) is 6.86. The highest BCUT2D eigenvalue weighted by Crippen LogP contribution is 2.32. The molecule has 2 N–H and O–H groups in total. The number of nitrogens with zero attached hydrogens (tertiary/aromatic N) is 4. The molecule has 0 saturated heterocycles. The summed E-state index contributed by atoms with van der Waals surface area (Å²) in [4.78, 5) is 19.5. The molecular weight excluding hydrogens is 354 g/mol. The monoisotopic (exact) mass is 375 g/mol. The van der Waals surface area contributed by atoms with E-state index in [-0.39, 0.29) is 12.0 Å². The second kappa shape index (κ2) is 8.22. The van der Waals surface area contributed by atoms with Crippen LogP contribution in [0, 0.1) is 5.92 Å². The third-order valence-corrected chi connectivity index (χ3v) is 5.05. The van der Waals surface area contributed by atoms with Crippen molar-refractivity contribution in [3.8, 4) is 0 Å². The van der Waals surface area contributed by atoms with Gasteiger partial charge in [0.05, 0.1) is 35.1 Å². The molecule has 1 aliphatic carbocycles. The second-order valence-electron chi connectivity index (χ2n) is 6.86. The van der Waals surface area contributed by atoms with Gasteiger partial charge in [0, 0.05) is 12.1 Å². The van der Waals surface area contributed by atoms with Crippen LogP contribution >= 0.6 is 0 Å². The zero-order valence-corrected chi connectivity index (χ0v) is 15.3. The summed E-state index contributed by atoms with van der Waals surface area (Å²) in [5.74, 6) is -0.0122. The Balaban J connectivity index is 1.76. The average Bonchev–Trinajstić information content (AvgIpc) is 2.72. The molecule has 0 fully saturated rings. The molecule has 0 bridgehead atoms. The fourth-order valence-electron chi connectivity index (χ4n) is 3.64. The summed E-state index contributed by atoms with van der Waals surface area (Å²) < 4.78 is 0. The molecule has 7 nitrogen and oxygen atoms in total. The van der Waals surface area contributed by atoms with Crippen LogP contribution in [0.1, 0.15) is 37.1 Å². The smallest absolute Gasteiger partial charge is 0.211 e. The van der Waals surface area contributed by atoms with Crippen molar-refractivity contribution in [2.75, 3.05) is 5.32 Å². The van der Waals surface area contributed by atoms with E-state index < -0.39 is 0 Å². The molecular formula is C21H21N5O2. The number of amides is 1. The molecule has 2 unspecified atom stereocenters. The Kier molecular flexibility index (Phi) is 5.34. The Hall–Kier alpha value is -3.19. The van der Waals surface area contributed by atoms with Gasteiger partial charge in [0.25, 0.3) is 0 Å². The van der Waals surface area contributed by atoms with Crippen LogP contribution in [-0.4, -0.2) is 39.0 Å². The molecule has 7 heteroatoms. The Labute approximate surface area is 163 Å². The average molecular weight is 375 g/mol. The SMILES string of the molecule is O=CNc1ccc(C2=NN=C(c3ccccn3)/C3=C/CCC(O)CCC23)nc1.